The summed E-state index contributed by atoms with van der Waals surface area (Å²) < 4.78 is 32.5. The number of hydrogen-bond acceptors (Lipinski definition) is 5. The summed E-state index contributed by atoms with van der Waals surface area (Å²) in [6.07, 6.45) is 7.63. The first-order valence-electron chi connectivity index (χ1n) is 9.90. The molecule has 0 aliphatic heterocycles. The standard InChI is InChI=1S/C21H26BrN3O4S/c1-25(2)30(27,28)19-13-16(10-11-17(19)22)21(26)24-20-18(9-6-12-23-20)29-14-15-7-4-3-5-8-15/h6,9-13,15H,3-5,7-8,14H2,1-2H3,(H,23,24,26). The van der Waals surface area contributed by atoms with E-state index in [9.17, 15) is 13.2 Å². The largest absolute Gasteiger partial charge is 0.489 e. The highest BCUT2D eigenvalue weighted by Gasteiger charge is 2.23. The van der Waals surface area contributed by atoms with Gasteiger partial charge in [-0.15, -0.1) is 0 Å². The lowest BCUT2D eigenvalue weighted by atomic mass is 9.90. The summed E-state index contributed by atoms with van der Waals surface area (Å²) >= 11 is 3.25. The van der Waals surface area contributed by atoms with Gasteiger partial charge in [-0.3, -0.25) is 4.79 Å². The van der Waals surface area contributed by atoms with Gasteiger partial charge in [-0.05, 0) is 65.0 Å². The number of pyridine rings is 1. The van der Waals surface area contributed by atoms with Crippen molar-refractivity contribution < 1.29 is 17.9 Å². The number of carbonyl (C=O) groups is 1. The first kappa shape index (κ1) is 22.7. The highest BCUT2D eigenvalue weighted by molar-refractivity contribution is 9.10. The zero-order valence-corrected chi connectivity index (χ0v) is 19.5. The third-order valence-corrected chi connectivity index (χ3v) is 7.96. The van der Waals surface area contributed by atoms with Gasteiger partial charge in [0.15, 0.2) is 11.6 Å². The van der Waals surface area contributed by atoms with Crippen molar-refractivity contribution in [3.8, 4) is 5.75 Å². The first-order chi connectivity index (χ1) is 14.3. The van der Waals surface area contributed by atoms with Gasteiger partial charge in [-0.2, -0.15) is 0 Å². The summed E-state index contributed by atoms with van der Waals surface area (Å²) in [4.78, 5) is 17.1. The van der Waals surface area contributed by atoms with Crippen molar-refractivity contribution in [2.45, 2.75) is 37.0 Å². The highest BCUT2D eigenvalue weighted by Crippen LogP contribution is 2.28. The molecule has 1 aliphatic rings. The number of aromatic nitrogens is 1. The second-order valence-electron chi connectivity index (χ2n) is 7.55. The number of nitrogens with one attached hydrogen (secondary N) is 1. The van der Waals surface area contributed by atoms with Crippen LogP contribution in [0, 0.1) is 5.92 Å². The number of hydrogen-bond donors (Lipinski definition) is 1. The van der Waals surface area contributed by atoms with Gasteiger partial charge in [0.1, 0.15) is 0 Å². The van der Waals surface area contributed by atoms with Crippen molar-refractivity contribution in [3.05, 3.63) is 46.6 Å². The predicted molar refractivity (Wildman–Crippen MR) is 119 cm³/mol. The van der Waals surface area contributed by atoms with Crippen LogP contribution in [0.5, 0.6) is 5.75 Å². The molecule has 1 aromatic heterocycles. The second kappa shape index (κ2) is 9.89. The predicted octanol–water partition coefficient (Wildman–Crippen LogP) is 4.31. The lowest BCUT2D eigenvalue weighted by Crippen LogP contribution is -2.23. The fraction of sp³-hybridized carbons (Fsp3) is 0.429. The summed E-state index contributed by atoms with van der Waals surface area (Å²) in [7, 11) is -0.814. The van der Waals surface area contributed by atoms with E-state index in [2.05, 4.69) is 26.2 Å². The van der Waals surface area contributed by atoms with Crippen molar-refractivity contribution in [3.63, 3.8) is 0 Å². The van der Waals surface area contributed by atoms with E-state index in [-0.39, 0.29) is 10.5 Å². The first-order valence-corrected chi connectivity index (χ1v) is 12.1. The Morgan fingerprint density at radius 3 is 2.67 bits per heavy atom. The van der Waals surface area contributed by atoms with Crippen LogP contribution in [-0.2, 0) is 10.0 Å². The molecule has 0 atom stereocenters. The number of halogens is 1. The van der Waals surface area contributed by atoms with E-state index < -0.39 is 15.9 Å². The van der Waals surface area contributed by atoms with E-state index in [4.69, 9.17) is 4.74 Å². The number of sulfonamides is 1. The average Bonchev–Trinajstić information content (AvgIpc) is 2.74. The maximum Gasteiger partial charge on any atom is 0.256 e. The normalized spacial score (nSPS) is 15.2. The van der Waals surface area contributed by atoms with E-state index in [0.29, 0.717) is 28.6 Å². The number of carbonyl (C=O) groups excluding carboxylic acids is 1. The molecule has 1 heterocycles. The van der Waals surface area contributed by atoms with Gasteiger partial charge < -0.3 is 10.1 Å². The molecule has 162 valence electrons. The molecular formula is C21H26BrN3O4S. The van der Waals surface area contributed by atoms with Crippen LogP contribution in [0.1, 0.15) is 42.5 Å². The number of benzene rings is 1. The zero-order valence-electron chi connectivity index (χ0n) is 17.1. The van der Waals surface area contributed by atoms with Crippen molar-refractivity contribution >= 4 is 37.7 Å². The fourth-order valence-electron chi connectivity index (χ4n) is 3.38. The Bertz CT molecular complexity index is 1010. The minimum Gasteiger partial charge on any atom is -0.489 e. The molecule has 3 rings (SSSR count). The number of amides is 1. The smallest absolute Gasteiger partial charge is 0.256 e. The van der Waals surface area contributed by atoms with E-state index in [1.807, 2.05) is 0 Å². The van der Waals surface area contributed by atoms with Crippen LogP contribution in [0.15, 0.2) is 45.9 Å². The minimum absolute atomic E-state index is 0.0231. The second-order valence-corrected chi connectivity index (χ2v) is 10.5. The maximum atomic E-state index is 12.8. The van der Waals surface area contributed by atoms with Gasteiger partial charge in [0, 0.05) is 30.3 Å². The maximum absolute atomic E-state index is 12.8. The van der Waals surface area contributed by atoms with E-state index >= 15 is 0 Å². The topological polar surface area (TPSA) is 88.6 Å². The molecule has 1 aliphatic carbocycles. The summed E-state index contributed by atoms with van der Waals surface area (Å²) in [5.41, 5.74) is 0.211. The minimum atomic E-state index is -3.70. The van der Waals surface area contributed by atoms with Gasteiger partial charge in [-0.25, -0.2) is 17.7 Å². The molecule has 1 aromatic carbocycles. The lowest BCUT2D eigenvalue weighted by Gasteiger charge is -2.22. The Morgan fingerprint density at radius 2 is 1.97 bits per heavy atom. The monoisotopic (exact) mass is 495 g/mol. The Kier molecular flexibility index (Phi) is 7.49. The summed E-state index contributed by atoms with van der Waals surface area (Å²) in [5.74, 6) is 0.889. The molecule has 2 aromatic rings. The molecule has 7 nitrogen and oxygen atoms in total. The number of anilines is 1. The van der Waals surface area contributed by atoms with E-state index in [1.165, 1.54) is 39.4 Å². The molecule has 0 spiro atoms. The summed E-state index contributed by atoms with van der Waals surface area (Å²) in [6, 6.07) is 7.98. The van der Waals surface area contributed by atoms with E-state index in [0.717, 1.165) is 17.1 Å². The molecule has 30 heavy (non-hydrogen) atoms. The fourth-order valence-corrected chi connectivity index (χ4v) is 5.23. The lowest BCUT2D eigenvalue weighted by molar-refractivity contribution is 0.102. The van der Waals surface area contributed by atoms with Crippen molar-refractivity contribution in [2.24, 2.45) is 5.92 Å². The molecule has 9 heteroatoms. The number of nitrogens with zero attached hydrogens (tertiary/aromatic N) is 2. The molecule has 1 fully saturated rings. The molecule has 1 saturated carbocycles. The molecule has 1 N–H and O–H groups in total. The molecule has 0 saturated heterocycles. The zero-order chi connectivity index (χ0) is 21.7. The highest BCUT2D eigenvalue weighted by atomic mass is 79.9. The van der Waals surface area contributed by atoms with Crippen LogP contribution in [0.3, 0.4) is 0 Å². The third-order valence-electron chi connectivity index (χ3n) is 5.15. The Balaban J connectivity index is 1.76. The van der Waals surface area contributed by atoms with Gasteiger partial charge in [0.05, 0.1) is 11.5 Å². The SMILES string of the molecule is CN(C)S(=O)(=O)c1cc(C(=O)Nc2ncccc2OCC2CCCCC2)ccc1Br. The quantitative estimate of drug-likeness (QED) is 0.618. The Labute approximate surface area is 186 Å². The van der Waals surface area contributed by atoms with Crippen molar-refractivity contribution in [1.29, 1.82) is 0 Å². The average molecular weight is 496 g/mol. The van der Waals surface area contributed by atoms with Crippen LogP contribution in [-0.4, -0.2) is 44.3 Å². The van der Waals surface area contributed by atoms with Crippen LogP contribution in [0.25, 0.3) is 0 Å². The van der Waals surface area contributed by atoms with Crippen LogP contribution >= 0.6 is 15.9 Å². The third kappa shape index (κ3) is 5.39. The van der Waals surface area contributed by atoms with Crippen LogP contribution in [0.2, 0.25) is 0 Å². The van der Waals surface area contributed by atoms with E-state index in [1.54, 1.807) is 30.5 Å². The van der Waals surface area contributed by atoms with Gasteiger partial charge in [-0.1, -0.05) is 19.3 Å². The summed E-state index contributed by atoms with van der Waals surface area (Å²) in [5, 5.41) is 2.74. The molecule has 0 bridgehead atoms. The van der Waals surface area contributed by atoms with Crippen molar-refractivity contribution in [2.75, 3.05) is 26.0 Å². The molecule has 0 radical (unpaired) electrons. The summed E-state index contributed by atoms with van der Waals surface area (Å²) in [6.45, 7) is 0.595. The number of rotatable bonds is 7. The van der Waals surface area contributed by atoms with Crippen molar-refractivity contribution in [1.82, 2.24) is 9.29 Å². The van der Waals surface area contributed by atoms with Crippen LogP contribution in [0.4, 0.5) is 5.82 Å². The molecular weight excluding hydrogens is 470 g/mol. The van der Waals surface area contributed by atoms with Gasteiger partial charge in [0.2, 0.25) is 10.0 Å². The number of ether oxygens (including phenoxy) is 1. The molecule has 1 amide bonds. The Hall–Kier alpha value is -1.97. The van der Waals surface area contributed by atoms with Gasteiger partial charge >= 0.3 is 0 Å². The van der Waals surface area contributed by atoms with Crippen LogP contribution < -0.4 is 10.1 Å². The Morgan fingerprint density at radius 1 is 1.23 bits per heavy atom. The molecule has 0 unspecified atom stereocenters. The van der Waals surface area contributed by atoms with Gasteiger partial charge in [0.25, 0.3) is 5.91 Å².